The summed E-state index contributed by atoms with van der Waals surface area (Å²) in [4.78, 5) is 21.6. The van der Waals surface area contributed by atoms with Gasteiger partial charge in [-0.15, -0.1) is 0 Å². The predicted octanol–water partition coefficient (Wildman–Crippen LogP) is 1.25. The number of nitrogens with zero attached hydrogens (tertiary/aromatic N) is 1. The van der Waals surface area contributed by atoms with Crippen molar-refractivity contribution in [1.82, 2.24) is 5.32 Å². The van der Waals surface area contributed by atoms with Gasteiger partial charge in [0.05, 0.1) is 4.92 Å². The Labute approximate surface area is 116 Å². The van der Waals surface area contributed by atoms with Gasteiger partial charge in [-0.1, -0.05) is 0 Å². The molecule has 0 spiro atoms. The van der Waals surface area contributed by atoms with Crippen LogP contribution in [-0.4, -0.2) is 30.0 Å². The fraction of sp³-hybridized carbons (Fsp3) is 0.462. The number of anilines is 1. The number of amides is 1. The maximum absolute atomic E-state index is 11.0. The van der Waals surface area contributed by atoms with Gasteiger partial charge in [-0.25, -0.2) is 0 Å². The van der Waals surface area contributed by atoms with Gasteiger partial charge < -0.3 is 16.4 Å². The lowest BCUT2D eigenvalue weighted by Crippen LogP contribution is -2.24. The standard InChI is InChI=1S/C13H18N4O3/c14-13(18)9-3-4-11(12(8-9)17(19)20)16-7-5-10-2-1-6-15-10/h3-4,8,10,15-16H,1-2,5-7H2,(H2,14,18)/t10-/m0/s1. The van der Waals surface area contributed by atoms with Crippen LogP contribution >= 0.6 is 0 Å². The molecule has 0 unspecified atom stereocenters. The van der Waals surface area contributed by atoms with Gasteiger partial charge in [-0.3, -0.25) is 14.9 Å². The number of primary amides is 1. The number of hydrogen-bond acceptors (Lipinski definition) is 5. The lowest BCUT2D eigenvalue weighted by Gasteiger charge is -2.12. The van der Waals surface area contributed by atoms with Crippen molar-refractivity contribution in [3.05, 3.63) is 33.9 Å². The van der Waals surface area contributed by atoms with Crippen LogP contribution < -0.4 is 16.4 Å². The zero-order chi connectivity index (χ0) is 14.5. The SMILES string of the molecule is NC(=O)c1ccc(NCC[C@@H]2CCCN2)c([N+](=O)[O-])c1. The van der Waals surface area contributed by atoms with Crippen LogP contribution in [0.15, 0.2) is 18.2 Å². The monoisotopic (exact) mass is 278 g/mol. The van der Waals surface area contributed by atoms with E-state index in [1.807, 2.05) is 0 Å². The van der Waals surface area contributed by atoms with Crippen molar-refractivity contribution in [3.8, 4) is 0 Å². The zero-order valence-corrected chi connectivity index (χ0v) is 11.1. The Morgan fingerprint density at radius 3 is 2.95 bits per heavy atom. The molecule has 2 rings (SSSR count). The van der Waals surface area contributed by atoms with Gasteiger partial charge in [0.25, 0.3) is 5.69 Å². The third-order valence-electron chi connectivity index (χ3n) is 3.45. The molecule has 1 aliphatic rings. The average Bonchev–Trinajstić information content (AvgIpc) is 2.91. The minimum Gasteiger partial charge on any atom is -0.379 e. The molecule has 0 bridgehead atoms. The van der Waals surface area contributed by atoms with E-state index in [0.29, 0.717) is 18.3 Å². The molecular weight excluding hydrogens is 260 g/mol. The first-order valence-corrected chi connectivity index (χ1v) is 6.63. The molecule has 1 aliphatic heterocycles. The van der Waals surface area contributed by atoms with Gasteiger partial charge in [-0.05, 0) is 37.9 Å². The number of carbonyl (C=O) groups excluding carboxylic acids is 1. The highest BCUT2D eigenvalue weighted by Gasteiger charge is 2.17. The van der Waals surface area contributed by atoms with E-state index in [2.05, 4.69) is 10.6 Å². The molecule has 0 radical (unpaired) electrons. The van der Waals surface area contributed by atoms with Gasteiger partial charge >= 0.3 is 0 Å². The lowest BCUT2D eigenvalue weighted by atomic mass is 10.1. The molecule has 0 aromatic heterocycles. The number of nitro groups is 1. The van der Waals surface area contributed by atoms with E-state index < -0.39 is 10.8 Å². The molecule has 1 aromatic rings. The van der Waals surface area contributed by atoms with Crippen LogP contribution in [0.2, 0.25) is 0 Å². The van der Waals surface area contributed by atoms with Gasteiger partial charge in [-0.2, -0.15) is 0 Å². The van der Waals surface area contributed by atoms with Crippen LogP contribution in [0.3, 0.4) is 0 Å². The predicted molar refractivity (Wildman–Crippen MR) is 75.7 cm³/mol. The highest BCUT2D eigenvalue weighted by molar-refractivity contribution is 5.94. The number of hydrogen-bond donors (Lipinski definition) is 3. The van der Waals surface area contributed by atoms with Crippen molar-refractivity contribution >= 4 is 17.3 Å². The van der Waals surface area contributed by atoms with E-state index in [-0.39, 0.29) is 11.3 Å². The number of rotatable bonds is 6. The summed E-state index contributed by atoms with van der Waals surface area (Å²) in [7, 11) is 0. The van der Waals surface area contributed by atoms with Gasteiger partial charge in [0.1, 0.15) is 5.69 Å². The molecule has 7 nitrogen and oxygen atoms in total. The Morgan fingerprint density at radius 2 is 2.35 bits per heavy atom. The summed E-state index contributed by atoms with van der Waals surface area (Å²) >= 11 is 0. The number of carbonyl (C=O) groups is 1. The van der Waals surface area contributed by atoms with E-state index in [1.165, 1.54) is 24.6 Å². The number of nitrogens with one attached hydrogen (secondary N) is 2. The summed E-state index contributed by atoms with van der Waals surface area (Å²) < 4.78 is 0. The minimum absolute atomic E-state index is 0.124. The van der Waals surface area contributed by atoms with Crippen LogP contribution in [0.4, 0.5) is 11.4 Å². The molecule has 1 aromatic carbocycles. The zero-order valence-electron chi connectivity index (χ0n) is 11.1. The molecule has 4 N–H and O–H groups in total. The van der Waals surface area contributed by atoms with Crippen molar-refractivity contribution in [3.63, 3.8) is 0 Å². The first-order valence-electron chi connectivity index (χ1n) is 6.63. The molecule has 1 saturated heterocycles. The van der Waals surface area contributed by atoms with Crippen LogP contribution in [0, 0.1) is 10.1 Å². The number of nitrogens with two attached hydrogens (primary N) is 1. The topological polar surface area (TPSA) is 110 Å². The first kappa shape index (κ1) is 14.3. The van der Waals surface area contributed by atoms with Crippen LogP contribution in [0.1, 0.15) is 29.6 Å². The third kappa shape index (κ3) is 3.45. The largest absolute Gasteiger partial charge is 0.379 e. The highest BCUT2D eigenvalue weighted by Crippen LogP contribution is 2.25. The van der Waals surface area contributed by atoms with E-state index >= 15 is 0 Å². The average molecular weight is 278 g/mol. The van der Waals surface area contributed by atoms with Crippen LogP contribution in [0.25, 0.3) is 0 Å². The Kier molecular flexibility index (Phi) is 4.52. The number of benzene rings is 1. The van der Waals surface area contributed by atoms with Crippen molar-refractivity contribution in [2.45, 2.75) is 25.3 Å². The van der Waals surface area contributed by atoms with Gasteiger partial charge in [0, 0.05) is 24.2 Å². The Balaban J connectivity index is 2.02. The molecule has 1 heterocycles. The fourth-order valence-corrected chi connectivity index (χ4v) is 2.37. The second-order valence-corrected chi connectivity index (χ2v) is 4.86. The molecule has 7 heteroatoms. The lowest BCUT2D eigenvalue weighted by molar-refractivity contribution is -0.384. The smallest absolute Gasteiger partial charge is 0.293 e. The van der Waals surface area contributed by atoms with Crippen molar-refractivity contribution in [2.75, 3.05) is 18.4 Å². The maximum atomic E-state index is 11.0. The summed E-state index contributed by atoms with van der Waals surface area (Å²) in [6, 6.07) is 4.70. The quantitative estimate of drug-likeness (QED) is 0.535. The summed E-state index contributed by atoms with van der Waals surface area (Å²) in [5.41, 5.74) is 5.55. The van der Waals surface area contributed by atoms with Crippen LogP contribution in [0.5, 0.6) is 0 Å². The van der Waals surface area contributed by atoms with Crippen LogP contribution in [-0.2, 0) is 0 Å². The fourth-order valence-electron chi connectivity index (χ4n) is 2.37. The minimum atomic E-state index is -0.671. The Bertz CT molecular complexity index is 512. The Morgan fingerprint density at radius 1 is 1.55 bits per heavy atom. The van der Waals surface area contributed by atoms with Crippen molar-refractivity contribution in [1.29, 1.82) is 0 Å². The van der Waals surface area contributed by atoms with Gasteiger partial charge in [0.2, 0.25) is 5.91 Å². The normalized spacial score (nSPS) is 17.9. The summed E-state index contributed by atoms with van der Waals surface area (Å²) in [5.74, 6) is -0.671. The summed E-state index contributed by atoms with van der Waals surface area (Å²) in [6.07, 6.45) is 3.23. The highest BCUT2D eigenvalue weighted by atomic mass is 16.6. The summed E-state index contributed by atoms with van der Waals surface area (Å²) in [6.45, 7) is 1.69. The molecular formula is C13H18N4O3. The van der Waals surface area contributed by atoms with Crippen molar-refractivity contribution in [2.24, 2.45) is 5.73 Å². The van der Waals surface area contributed by atoms with Gasteiger partial charge in [0.15, 0.2) is 0 Å². The molecule has 108 valence electrons. The molecule has 0 aliphatic carbocycles. The maximum Gasteiger partial charge on any atom is 0.293 e. The Hall–Kier alpha value is -2.15. The second kappa shape index (κ2) is 6.33. The van der Waals surface area contributed by atoms with Crippen molar-refractivity contribution < 1.29 is 9.72 Å². The number of nitro benzene ring substituents is 1. The molecule has 20 heavy (non-hydrogen) atoms. The van der Waals surface area contributed by atoms with E-state index in [9.17, 15) is 14.9 Å². The third-order valence-corrected chi connectivity index (χ3v) is 3.45. The molecule has 1 amide bonds. The first-order chi connectivity index (χ1) is 9.58. The van der Waals surface area contributed by atoms with E-state index in [1.54, 1.807) is 0 Å². The van der Waals surface area contributed by atoms with E-state index in [4.69, 9.17) is 5.73 Å². The molecule has 1 atom stereocenters. The molecule has 0 saturated carbocycles. The molecule has 1 fully saturated rings. The summed E-state index contributed by atoms with van der Waals surface area (Å²) in [5, 5.41) is 17.4. The van der Waals surface area contributed by atoms with E-state index in [0.717, 1.165) is 19.4 Å². The second-order valence-electron chi connectivity index (χ2n) is 4.86.